The molecule has 1 aromatic carbocycles. The lowest BCUT2D eigenvalue weighted by molar-refractivity contribution is 0.0337. The Labute approximate surface area is 87.5 Å². The average molecular weight is 213 g/mol. The Kier molecular flexibility index (Phi) is 3.28. The molecular weight excluding hydrogens is 200 g/mol. The van der Waals surface area contributed by atoms with Crippen molar-refractivity contribution in [1.29, 1.82) is 0 Å². The quantitative estimate of drug-likeness (QED) is 0.742. The Morgan fingerprint density at radius 3 is 2.67 bits per heavy atom. The zero-order valence-electron chi connectivity index (χ0n) is 8.38. The van der Waals surface area contributed by atoms with Crippen molar-refractivity contribution in [3.05, 3.63) is 35.4 Å². The first-order valence-electron chi connectivity index (χ1n) is 5.00. The van der Waals surface area contributed by atoms with Gasteiger partial charge in [-0.15, -0.1) is 0 Å². The largest absolute Gasteiger partial charge is 0.379 e. The summed E-state index contributed by atoms with van der Waals surface area (Å²) in [6, 6.07) is 3.56. The van der Waals surface area contributed by atoms with E-state index in [9.17, 15) is 8.78 Å². The van der Waals surface area contributed by atoms with Crippen LogP contribution in [0.1, 0.15) is 5.56 Å². The molecule has 15 heavy (non-hydrogen) atoms. The highest BCUT2D eigenvalue weighted by Gasteiger charge is 2.13. The minimum absolute atomic E-state index is 0.345. The number of hydrogen-bond donors (Lipinski definition) is 0. The highest BCUT2D eigenvalue weighted by Crippen LogP contribution is 2.13. The van der Waals surface area contributed by atoms with Crippen LogP contribution in [0.25, 0.3) is 0 Å². The van der Waals surface area contributed by atoms with Crippen molar-refractivity contribution < 1.29 is 13.5 Å². The predicted octanol–water partition coefficient (Wildman–Crippen LogP) is 1.80. The Hall–Kier alpha value is -1.00. The Balaban J connectivity index is 2.05. The SMILES string of the molecule is Fc1ccc(F)c(CN2CCOCC2)c1. The van der Waals surface area contributed by atoms with Gasteiger partial charge in [-0.1, -0.05) is 0 Å². The smallest absolute Gasteiger partial charge is 0.127 e. The van der Waals surface area contributed by atoms with Gasteiger partial charge >= 0.3 is 0 Å². The number of ether oxygens (including phenoxy) is 1. The topological polar surface area (TPSA) is 12.5 Å². The second-order valence-electron chi connectivity index (χ2n) is 3.62. The molecule has 2 rings (SSSR count). The average Bonchev–Trinajstić information content (AvgIpc) is 2.25. The van der Waals surface area contributed by atoms with Crippen LogP contribution >= 0.6 is 0 Å². The van der Waals surface area contributed by atoms with Gasteiger partial charge in [0.2, 0.25) is 0 Å². The fourth-order valence-corrected chi connectivity index (χ4v) is 1.66. The fourth-order valence-electron chi connectivity index (χ4n) is 1.66. The van der Waals surface area contributed by atoms with Gasteiger partial charge in [0, 0.05) is 25.2 Å². The molecule has 82 valence electrons. The minimum atomic E-state index is -0.389. The third kappa shape index (κ3) is 2.73. The summed E-state index contributed by atoms with van der Waals surface area (Å²) in [5.41, 5.74) is 0.414. The summed E-state index contributed by atoms with van der Waals surface area (Å²) in [6.45, 7) is 3.33. The third-order valence-corrected chi connectivity index (χ3v) is 2.51. The second kappa shape index (κ2) is 4.68. The monoisotopic (exact) mass is 213 g/mol. The molecule has 1 aliphatic rings. The van der Waals surface area contributed by atoms with E-state index in [1.165, 1.54) is 12.1 Å². The van der Waals surface area contributed by atoms with Crippen LogP contribution < -0.4 is 0 Å². The van der Waals surface area contributed by atoms with E-state index in [2.05, 4.69) is 4.90 Å². The van der Waals surface area contributed by atoms with Gasteiger partial charge in [-0.3, -0.25) is 4.90 Å². The Morgan fingerprint density at radius 2 is 1.93 bits per heavy atom. The number of benzene rings is 1. The molecule has 4 heteroatoms. The van der Waals surface area contributed by atoms with E-state index in [0.717, 1.165) is 19.2 Å². The first kappa shape index (κ1) is 10.5. The van der Waals surface area contributed by atoms with Gasteiger partial charge in [0.15, 0.2) is 0 Å². The Bertz CT molecular complexity index is 337. The van der Waals surface area contributed by atoms with E-state index in [1.807, 2.05) is 0 Å². The van der Waals surface area contributed by atoms with Crippen molar-refractivity contribution in [2.75, 3.05) is 26.3 Å². The summed E-state index contributed by atoms with van der Waals surface area (Å²) in [6.07, 6.45) is 0. The molecule has 1 saturated heterocycles. The second-order valence-corrected chi connectivity index (χ2v) is 3.62. The molecule has 1 aliphatic heterocycles. The minimum Gasteiger partial charge on any atom is -0.379 e. The summed E-state index contributed by atoms with van der Waals surface area (Å²) in [5.74, 6) is -0.734. The molecule has 0 aliphatic carbocycles. The lowest BCUT2D eigenvalue weighted by atomic mass is 10.2. The van der Waals surface area contributed by atoms with E-state index in [1.54, 1.807) is 0 Å². The number of nitrogens with zero attached hydrogens (tertiary/aromatic N) is 1. The van der Waals surface area contributed by atoms with Gasteiger partial charge < -0.3 is 4.74 Å². The lowest BCUT2D eigenvalue weighted by Crippen LogP contribution is -2.35. The van der Waals surface area contributed by atoms with Crippen LogP contribution in [0.15, 0.2) is 18.2 Å². The maximum absolute atomic E-state index is 13.3. The molecule has 0 aromatic heterocycles. The predicted molar refractivity (Wildman–Crippen MR) is 52.5 cm³/mol. The molecule has 2 nitrogen and oxygen atoms in total. The van der Waals surface area contributed by atoms with Crippen LogP contribution in [-0.4, -0.2) is 31.2 Å². The molecule has 0 spiro atoms. The fraction of sp³-hybridized carbons (Fsp3) is 0.455. The molecule has 0 radical (unpaired) electrons. The van der Waals surface area contributed by atoms with Crippen LogP contribution in [0.4, 0.5) is 8.78 Å². The summed E-state index contributed by atoms with van der Waals surface area (Å²) in [5, 5.41) is 0. The zero-order valence-corrected chi connectivity index (χ0v) is 8.38. The van der Waals surface area contributed by atoms with Crippen LogP contribution in [0, 0.1) is 11.6 Å². The van der Waals surface area contributed by atoms with E-state index >= 15 is 0 Å². The molecule has 1 heterocycles. The third-order valence-electron chi connectivity index (χ3n) is 2.51. The summed E-state index contributed by atoms with van der Waals surface area (Å²) in [7, 11) is 0. The molecule has 0 amide bonds. The van der Waals surface area contributed by atoms with E-state index in [4.69, 9.17) is 4.74 Å². The molecule has 0 atom stereocenters. The van der Waals surface area contributed by atoms with Crippen molar-refractivity contribution >= 4 is 0 Å². The molecule has 0 saturated carbocycles. The standard InChI is InChI=1S/C11H13F2NO/c12-10-1-2-11(13)9(7-10)8-14-3-5-15-6-4-14/h1-2,7H,3-6,8H2. The van der Waals surface area contributed by atoms with Crippen LogP contribution in [-0.2, 0) is 11.3 Å². The van der Waals surface area contributed by atoms with Crippen molar-refractivity contribution in [2.24, 2.45) is 0 Å². The van der Waals surface area contributed by atoms with Crippen LogP contribution in [0.3, 0.4) is 0 Å². The molecular formula is C11H13F2NO. The van der Waals surface area contributed by atoms with Crippen LogP contribution in [0.5, 0.6) is 0 Å². The number of hydrogen-bond acceptors (Lipinski definition) is 2. The zero-order chi connectivity index (χ0) is 10.7. The molecule has 0 unspecified atom stereocenters. The van der Waals surface area contributed by atoms with Gasteiger partial charge in [0.25, 0.3) is 0 Å². The summed E-state index contributed by atoms with van der Waals surface area (Å²) >= 11 is 0. The molecule has 1 aromatic rings. The highest BCUT2D eigenvalue weighted by atomic mass is 19.1. The maximum Gasteiger partial charge on any atom is 0.127 e. The van der Waals surface area contributed by atoms with Crippen molar-refractivity contribution in [3.8, 4) is 0 Å². The van der Waals surface area contributed by atoms with Gasteiger partial charge in [-0.25, -0.2) is 8.78 Å². The van der Waals surface area contributed by atoms with Crippen molar-refractivity contribution in [2.45, 2.75) is 6.54 Å². The molecule has 0 N–H and O–H groups in total. The van der Waals surface area contributed by atoms with Crippen molar-refractivity contribution in [3.63, 3.8) is 0 Å². The first-order valence-corrected chi connectivity index (χ1v) is 5.00. The first-order chi connectivity index (χ1) is 7.25. The Morgan fingerprint density at radius 1 is 1.20 bits per heavy atom. The number of halogens is 2. The normalized spacial score (nSPS) is 18.0. The molecule has 1 fully saturated rings. The number of rotatable bonds is 2. The number of morpholine rings is 1. The summed E-state index contributed by atoms with van der Waals surface area (Å²) < 4.78 is 31.4. The van der Waals surface area contributed by atoms with Gasteiger partial charge in [0.1, 0.15) is 11.6 Å². The van der Waals surface area contributed by atoms with Gasteiger partial charge in [-0.05, 0) is 18.2 Å². The van der Waals surface area contributed by atoms with Gasteiger partial charge in [0.05, 0.1) is 13.2 Å². The van der Waals surface area contributed by atoms with E-state index in [-0.39, 0.29) is 11.6 Å². The van der Waals surface area contributed by atoms with E-state index in [0.29, 0.717) is 25.3 Å². The lowest BCUT2D eigenvalue weighted by Gasteiger charge is -2.26. The van der Waals surface area contributed by atoms with Gasteiger partial charge in [-0.2, -0.15) is 0 Å². The summed E-state index contributed by atoms with van der Waals surface area (Å²) in [4.78, 5) is 2.06. The van der Waals surface area contributed by atoms with Crippen LogP contribution in [0.2, 0.25) is 0 Å². The highest BCUT2D eigenvalue weighted by molar-refractivity contribution is 5.18. The maximum atomic E-state index is 13.3. The molecule has 0 bridgehead atoms. The van der Waals surface area contributed by atoms with Crippen molar-refractivity contribution in [1.82, 2.24) is 4.90 Å². The van der Waals surface area contributed by atoms with E-state index < -0.39 is 0 Å².